The highest BCUT2D eigenvalue weighted by molar-refractivity contribution is 6.10. The van der Waals surface area contributed by atoms with Gasteiger partial charge in [0.05, 0.1) is 5.56 Å². The lowest BCUT2D eigenvalue weighted by Gasteiger charge is -2.04. The van der Waals surface area contributed by atoms with Crippen LogP contribution in [0.3, 0.4) is 0 Å². The fourth-order valence-electron chi connectivity index (χ4n) is 2.26. The molecule has 0 saturated heterocycles. The molecule has 1 N–H and O–H groups in total. The molecule has 3 aromatic rings. The van der Waals surface area contributed by atoms with Crippen LogP contribution in [0.15, 0.2) is 66.7 Å². The van der Waals surface area contributed by atoms with E-state index in [1.807, 2.05) is 36.4 Å². The predicted octanol–water partition coefficient (Wildman–Crippen LogP) is 3.77. The van der Waals surface area contributed by atoms with Gasteiger partial charge in [0, 0.05) is 11.1 Å². The number of hydrogen-bond acceptors (Lipinski definition) is 2. The van der Waals surface area contributed by atoms with Crippen LogP contribution in [-0.4, -0.2) is 16.9 Å². The molecule has 0 fully saturated rings. The molecule has 0 heterocycles. The second-order valence-corrected chi connectivity index (χ2v) is 4.77. The van der Waals surface area contributed by atoms with Gasteiger partial charge >= 0.3 is 5.97 Å². The van der Waals surface area contributed by atoms with Gasteiger partial charge in [-0.2, -0.15) is 0 Å². The first-order chi connectivity index (χ1) is 10.1. The number of fused-ring (bicyclic) bond motifs is 1. The van der Waals surface area contributed by atoms with E-state index in [1.165, 1.54) is 12.1 Å². The third kappa shape index (κ3) is 2.54. The Balaban J connectivity index is 1.97. The second-order valence-electron chi connectivity index (χ2n) is 4.77. The van der Waals surface area contributed by atoms with Crippen molar-refractivity contribution in [2.75, 3.05) is 0 Å². The summed E-state index contributed by atoms with van der Waals surface area (Å²) >= 11 is 0. The zero-order valence-corrected chi connectivity index (χ0v) is 11.1. The zero-order chi connectivity index (χ0) is 14.8. The van der Waals surface area contributed by atoms with Gasteiger partial charge in [-0.05, 0) is 29.0 Å². The molecule has 102 valence electrons. The Morgan fingerprint density at radius 2 is 1.24 bits per heavy atom. The van der Waals surface area contributed by atoms with E-state index < -0.39 is 5.97 Å². The van der Waals surface area contributed by atoms with E-state index >= 15 is 0 Å². The van der Waals surface area contributed by atoms with Crippen molar-refractivity contribution in [2.24, 2.45) is 0 Å². The topological polar surface area (TPSA) is 54.4 Å². The molecule has 0 saturated carbocycles. The highest BCUT2D eigenvalue weighted by atomic mass is 16.4. The fourth-order valence-corrected chi connectivity index (χ4v) is 2.26. The maximum atomic E-state index is 12.4. The van der Waals surface area contributed by atoms with Crippen molar-refractivity contribution in [3.63, 3.8) is 0 Å². The van der Waals surface area contributed by atoms with Crippen LogP contribution in [0, 0.1) is 0 Å². The van der Waals surface area contributed by atoms with Crippen molar-refractivity contribution in [2.45, 2.75) is 0 Å². The molecular formula is C18H12O3. The number of benzene rings is 3. The molecule has 0 unspecified atom stereocenters. The fraction of sp³-hybridized carbons (Fsp3) is 0. The molecule has 0 aliphatic carbocycles. The number of carboxylic acid groups (broad SMARTS) is 1. The van der Waals surface area contributed by atoms with Crippen molar-refractivity contribution in [1.82, 2.24) is 0 Å². The lowest BCUT2D eigenvalue weighted by Crippen LogP contribution is -2.02. The smallest absolute Gasteiger partial charge is 0.335 e. The Labute approximate surface area is 121 Å². The van der Waals surface area contributed by atoms with Crippen molar-refractivity contribution in [3.05, 3.63) is 83.4 Å². The number of ketones is 1. The predicted molar refractivity (Wildman–Crippen MR) is 80.8 cm³/mol. The summed E-state index contributed by atoms with van der Waals surface area (Å²) in [6, 6.07) is 19.3. The number of aromatic carboxylic acids is 1. The molecule has 0 atom stereocenters. The Kier molecular flexibility index (Phi) is 3.24. The minimum atomic E-state index is -1.00. The SMILES string of the molecule is O=C(O)c1ccc(C(=O)c2ccc3ccccc3c2)cc1. The molecule has 0 amide bonds. The summed E-state index contributed by atoms with van der Waals surface area (Å²) in [5.74, 6) is -1.11. The number of carbonyl (C=O) groups excluding carboxylic acids is 1. The third-order valence-corrected chi connectivity index (χ3v) is 3.41. The lowest BCUT2D eigenvalue weighted by molar-refractivity contribution is 0.0696. The zero-order valence-electron chi connectivity index (χ0n) is 11.1. The Morgan fingerprint density at radius 3 is 1.90 bits per heavy atom. The van der Waals surface area contributed by atoms with Crippen LogP contribution in [0.1, 0.15) is 26.3 Å². The van der Waals surface area contributed by atoms with Gasteiger partial charge in [-0.15, -0.1) is 0 Å². The molecule has 0 aliphatic rings. The monoisotopic (exact) mass is 276 g/mol. The van der Waals surface area contributed by atoms with E-state index in [9.17, 15) is 9.59 Å². The van der Waals surface area contributed by atoms with Gasteiger partial charge in [-0.1, -0.05) is 48.5 Å². The van der Waals surface area contributed by atoms with Gasteiger partial charge < -0.3 is 5.11 Å². The standard InChI is InChI=1S/C18H12O3/c19-17(13-6-8-14(9-7-13)18(20)21)16-10-5-12-3-1-2-4-15(12)11-16/h1-11H,(H,20,21). The first kappa shape index (κ1) is 13.1. The molecular weight excluding hydrogens is 264 g/mol. The van der Waals surface area contributed by atoms with E-state index in [2.05, 4.69) is 0 Å². The van der Waals surface area contributed by atoms with Crippen LogP contribution >= 0.6 is 0 Å². The number of carboxylic acids is 1. The van der Waals surface area contributed by atoms with Gasteiger partial charge in [0.2, 0.25) is 0 Å². The quantitative estimate of drug-likeness (QED) is 0.741. The Bertz CT molecular complexity index is 832. The molecule has 0 aromatic heterocycles. The summed E-state index contributed by atoms with van der Waals surface area (Å²) in [6.07, 6.45) is 0. The van der Waals surface area contributed by atoms with Crippen molar-refractivity contribution in [3.8, 4) is 0 Å². The summed E-state index contributed by atoms with van der Waals surface area (Å²) in [6.45, 7) is 0. The van der Waals surface area contributed by atoms with E-state index in [1.54, 1.807) is 18.2 Å². The highest BCUT2D eigenvalue weighted by Gasteiger charge is 2.10. The van der Waals surface area contributed by atoms with Crippen molar-refractivity contribution < 1.29 is 14.7 Å². The van der Waals surface area contributed by atoms with E-state index in [4.69, 9.17) is 5.11 Å². The average molecular weight is 276 g/mol. The Morgan fingerprint density at radius 1 is 0.667 bits per heavy atom. The summed E-state index contributed by atoms with van der Waals surface area (Å²) in [4.78, 5) is 23.2. The largest absolute Gasteiger partial charge is 0.478 e. The van der Waals surface area contributed by atoms with Gasteiger partial charge in [-0.25, -0.2) is 4.79 Å². The van der Waals surface area contributed by atoms with Crippen LogP contribution < -0.4 is 0 Å². The number of rotatable bonds is 3. The first-order valence-electron chi connectivity index (χ1n) is 6.52. The average Bonchev–Trinajstić information content (AvgIpc) is 2.54. The summed E-state index contributed by atoms with van der Waals surface area (Å²) in [5, 5.41) is 10.9. The van der Waals surface area contributed by atoms with Crippen molar-refractivity contribution in [1.29, 1.82) is 0 Å². The van der Waals surface area contributed by atoms with Crippen LogP contribution in [0.25, 0.3) is 10.8 Å². The summed E-state index contributed by atoms with van der Waals surface area (Å²) < 4.78 is 0. The normalized spacial score (nSPS) is 10.5. The van der Waals surface area contributed by atoms with Gasteiger partial charge in [-0.3, -0.25) is 4.79 Å². The van der Waals surface area contributed by atoms with Crippen LogP contribution in [0.2, 0.25) is 0 Å². The minimum Gasteiger partial charge on any atom is -0.478 e. The highest BCUT2D eigenvalue weighted by Crippen LogP contribution is 2.18. The van der Waals surface area contributed by atoms with Crippen LogP contribution in [0.5, 0.6) is 0 Å². The molecule has 0 aliphatic heterocycles. The molecule has 0 radical (unpaired) electrons. The maximum absolute atomic E-state index is 12.4. The van der Waals surface area contributed by atoms with E-state index in [-0.39, 0.29) is 11.3 Å². The summed E-state index contributed by atoms with van der Waals surface area (Å²) in [5.41, 5.74) is 1.25. The lowest BCUT2D eigenvalue weighted by atomic mass is 9.99. The van der Waals surface area contributed by atoms with Gasteiger partial charge in [0.1, 0.15) is 0 Å². The maximum Gasteiger partial charge on any atom is 0.335 e. The van der Waals surface area contributed by atoms with Gasteiger partial charge in [0.15, 0.2) is 5.78 Å². The van der Waals surface area contributed by atoms with Crippen molar-refractivity contribution >= 4 is 22.5 Å². The van der Waals surface area contributed by atoms with E-state index in [0.717, 1.165) is 10.8 Å². The molecule has 21 heavy (non-hydrogen) atoms. The molecule has 3 rings (SSSR count). The van der Waals surface area contributed by atoms with E-state index in [0.29, 0.717) is 11.1 Å². The number of hydrogen-bond donors (Lipinski definition) is 1. The number of carbonyl (C=O) groups is 2. The molecule has 3 nitrogen and oxygen atoms in total. The summed E-state index contributed by atoms with van der Waals surface area (Å²) in [7, 11) is 0. The third-order valence-electron chi connectivity index (χ3n) is 3.41. The Hall–Kier alpha value is -2.94. The molecule has 0 bridgehead atoms. The van der Waals surface area contributed by atoms with Crippen LogP contribution in [0.4, 0.5) is 0 Å². The van der Waals surface area contributed by atoms with Crippen LogP contribution in [-0.2, 0) is 0 Å². The molecule has 3 heteroatoms. The minimum absolute atomic E-state index is 0.113. The molecule has 0 spiro atoms. The van der Waals surface area contributed by atoms with Gasteiger partial charge in [0.25, 0.3) is 0 Å². The second kappa shape index (κ2) is 5.21. The first-order valence-corrected chi connectivity index (χ1v) is 6.52. The molecule has 3 aromatic carbocycles.